The minimum absolute atomic E-state index is 0.00788. The van der Waals surface area contributed by atoms with Gasteiger partial charge in [0.25, 0.3) is 5.56 Å². The van der Waals surface area contributed by atoms with Gasteiger partial charge in [0.05, 0.1) is 17.2 Å². The highest BCUT2D eigenvalue weighted by molar-refractivity contribution is 7.98. The maximum absolute atomic E-state index is 12.8. The summed E-state index contributed by atoms with van der Waals surface area (Å²) < 4.78 is 0. The quantitative estimate of drug-likeness (QED) is 0.329. The molecule has 0 spiro atoms. The predicted molar refractivity (Wildman–Crippen MR) is 141 cm³/mol. The number of H-pyrrole nitrogens is 1. The Morgan fingerprint density at radius 1 is 1.12 bits per heavy atom. The Hall–Kier alpha value is -2.90. The molecule has 2 heterocycles. The Kier molecular flexibility index (Phi) is 6.83. The zero-order valence-corrected chi connectivity index (χ0v) is 20.7. The molecule has 0 bridgehead atoms. The number of aromatic nitrogens is 2. The lowest BCUT2D eigenvalue weighted by Gasteiger charge is -2.20. The van der Waals surface area contributed by atoms with Crippen molar-refractivity contribution in [3.8, 4) is 0 Å². The number of hydrogen-bond donors (Lipinski definition) is 2. The van der Waals surface area contributed by atoms with E-state index in [4.69, 9.17) is 4.98 Å². The zero-order valence-electron chi connectivity index (χ0n) is 19.1. The van der Waals surface area contributed by atoms with Crippen LogP contribution in [0.1, 0.15) is 51.8 Å². The summed E-state index contributed by atoms with van der Waals surface area (Å²) in [5.41, 5.74) is 4.49. The highest BCUT2D eigenvalue weighted by Crippen LogP contribution is 2.34. The van der Waals surface area contributed by atoms with Crippen LogP contribution >= 0.6 is 23.1 Å². The van der Waals surface area contributed by atoms with Gasteiger partial charge in [-0.1, -0.05) is 60.2 Å². The second-order valence-electron chi connectivity index (χ2n) is 8.67. The van der Waals surface area contributed by atoms with Crippen LogP contribution in [0.4, 0.5) is 0 Å². The van der Waals surface area contributed by atoms with Gasteiger partial charge in [-0.25, -0.2) is 4.98 Å². The fourth-order valence-electron chi connectivity index (χ4n) is 4.45. The van der Waals surface area contributed by atoms with E-state index in [0.29, 0.717) is 23.8 Å². The number of rotatable bonds is 8. The molecule has 0 unspecified atom stereocenters. The second-order valence-corrected chi connectivity index (χ2v) is 10.9. The molecule has 0 saturated carbocycles. The first-order valence-corrected chi connectivity index (χ1v) is 13.6. The Labute approximate surface area is 207 Å². The highest BCUT2D eigenvalue weighted by Gasteiger charge is 2.21. The lowest BCUT2D eigenvalue weighted by Crippen LogP contribution is -2.29. The van der Waals surface area contributed by atoms with E-state index in [1.54, 1.807) is 23.1 Å². The molecule has 1 aliphatic carbocycles. The molecule has 2 aromatic heterocycles. The molecule has 7 heteroatoms. The molecule has 0 radical (unpaired) electrons. The van der Waals surface area contributed by atoms with Crippen molar-refractivity contribution in [1.29, 1.82) is 0 Å². The molecular formula is C27H27N3O2S2. The average molecular weight is 490 g/mol. The standard InChI is InChI=1S/C27H27N3O2S2/c1-17-10-12-19(13-11-17)25(18-6-3-2-4-7-18)30-23(31)14-15-33-16-22-28-26(32)24-20-8-5-9-21(20)34-27(24)29-22/h2-4,6-7,10-13,25H,5,8-9,14-16H2,1H3,(H,30,31)(H,28,29,32)/t25-/m1/s1. The summed E-state index contributed by atoms with van der Waals surface area (Å²) in [6.45, 7) is 2.06. The molecule has 1 atom stereocenters. The van der Waals surface area contributed by atoms with Crippen molar-refractivity contribution >= 4 is 39.2 Å². The van der Waals surface area contributed by atoms with E-state index in [1.165, 1.54) is 16.0 Å². The van der Waals surface area contributed by atoms with Crippen molar-refractivity contribution in [2.24, 2.45) is 0 Å². The van der Waals surface area contributed by atoms with Crippen molar-refractivity contribution < 1.29 is 4.79 Å². The van der Waals surface area contributed by atoms with E-state index in [-0.39, 0.29) is 17.5 Å². The van der Waals surface area contributed by atoms with Gasteiger partial charge in [0.1, 0.15) is 10.7 Å². The summed E-state index contributed by atoms with van der Waals surface area (Å²) in [6.07, 6.45) is 3.57. The average Bonchev–Trinajstić information content (AvgIpc) is 3.43. The predicted octanol–water partition coefficient (Wildman–Crippen LogP) is 5.31. The first kappa shape index (κ1) is 22.9. The van der Waals surface area contributed by atoms with Crippen LogP contribution < -0.4 is 10.9 Å². The largest absolute Gasteiger partial charge is 0.345 e. The molecule has 174 valence electrons. The molecule has 2 aromatic carbocycles. The minimum atomic E-state index is -0.180. The van der Waals surface area contributed by atoms with Gasteiger partial charge in [-0.3, -0.25) is 9.59 Å². The minimum Gasteiger partial charge on any atom is -0.345 e. The third-order valence-corrected chi connectivity index (χ3v) is 8.34. The van der Waals surface area contributed by atoms with Gasteiger partial charge >= 0.3 is 0 Å². The summed E-state index contributed by atoms with van der Waals surface area (Å²) in [6, 6.07) is 18.1. The number of benzene rings is 2. The van der Waals surface area contributed by atoms with E-state index in [9.17, 15) is 9.59 Å². The zero-order chi connectivity index (χ0) is 23.5. The lowest BCUT2D eigenvalue weighted by atomic mass is 9.97. The monoisotopic (exact) mass is 489 g/mol. The Morgan fingerprint density at radius 3 is 2.68 bits per heavy atom. The number of hydrogen-bond acceptors (Lipinski definition) is 5. The number of nitrogens with zero attached hydrogens (tertiary/aromatic N) is 1. The Bertz CT molecular complexity index is 1360. The number of thiophene rings is 1. The van der Waals surface area contributed by atoms with Crippen LogP contribution in [0.5, 0.6) is 0 Å². The number of nitrogens with one attached hydrogen (secondary N) is 2. The highest BCUT2D eigenvalue weighted by atomic mass is 32.2. The fraction of sp³-hybridized carbons (Fsp3) is 0.296. The second kappa shape index (κ2) is 10.2. The number of fused-ring (bicyclic) bond motifs is 3. The van der Waals surface area contributed by atoms with E-state index < -0.39 is 0 Å². The van der Waals surface area contributed by atoms with Gasteiger partial charge in [-0.05, 0) is 42.9 Å². The summed E-state index contributed by atoms with van der Waals surface area (Å²) in [5.74, 6) is 1.93. The number of amides is 1. The molecular weight excluding hydrogens is 462 g/mol. The van der Waals surface area contributed by atoms with E-state index >= 15 is 0 Å². The molecule has 5 rings (SSSR count). The van der Waals surface area contributed by atoms with Crippen molar-refractivity contribution in [1.82, 2.24) is 15.3 Å². The van der Waals surface area contributed by atoms with Crippen molar-refractivity contribution in [3.05, 3.63) is 97.9 Å². The van der Waals surface area contributed by atoms with Crippen LogP contribution in [0, 0.1) is 6.92 Å². The van der Waals surface area contributed by atoms with Gasteiger partial charge in [-0.15, -0.1) is 11.3 Å². The normalized spacial score (nSPS) is 13.7. The van der Waals surface area contributed by atoms with Gasteiger partial charge in [0, 0.05) is 17.1 Å². The molecule has 0 aliphatic heterocycles. The first-order chi connectivity index (χ1) is 16.6. The van der Waals surface area contributed by atoms with Crippen LogP contribution in [0.3, 0.4) is 0 Å². The van der Waals surface area contributed by atoms with E-state index in [0.717, 1.165) is 40.6 Å². The summed E-state index contributed by atoms with van der Waals surface area (Å²) >= 11 is 3.27. The molecule has 1 aliphatic rings. The lowest BCUT2D eigenvalue weighted by molar-refractivity contribution is -0.121. The smallest absolute Gasteiger partial charge is 0.259 e. The number of aromatic amines is 1. The number of aryl methyl sites for hydroxylation is 3. The van der Waals surface area contributed by atoms with Crippen LogP contribution in [-0.4, -0.2) is 21.6 Å². The molecule has 34 heavy (non-hydrogen) atoms. The number of carbonyl (C=O) groups excluding carboxylic acids is 1. The molecule has 4 aromatic rings. The maximum atomic E-state index is 12.8. The number of carbonyl (C=O) groups is 1. The molecule has 0 fully saturated rings. The third kappa shape index (κ3) is 4.95. The fourth-order valence-corrected chi connectivity index (χ4v) is 6.53. The van der Waals surface area contributed by atoms with Crippen LogP contribution in [0.25, 0.3) is 10.2 Å². The molecule has 2 N–H and O–H groups in total. The third-order valence-electron chi connectivity index (χ3n) is 6.19. The van der Waals surface area contributed by atoms with Crippen LogP contribution in [0.2, 0.25) is 0 Å². The summed E-state index contributed by atoms with van der Waals surface area (Å²) in [4.78, 5) is 35.2. The maximum Gasteiger partial charge on any atom is 0.259 e. The van der Waals surface area contributed by atoms with Crippen molar-refractivity contribution in [2.45, 2.75) is 44.4 Å². The van der Waals surface area contributed by atoms with E-state index in [1.807, 2.05) is 30.3 Å². The molecule has 0 saturated heterocycles. The number of thioether (sulfide) groups is 1. The van der Waals surface area contributed by atoms with Crippen molar-refractivity contribution in [3.63, 3.8) is 0 Å². The molecule has 5 nitrogen and oxygen atoms in total. The van der Waals surface area contributed by atoms with Crippen LogP contribution in [-0.2, 0) is 23.4 Å². The summed E-state index contributed by atoms with van der Waals surface area (Å²) in [5, 5.41) is 3.98. The van der Waals surface area contributed by atoms with Gasteiger partial charge in [0.15, 0.2) is 0 Å². The SMILES string of the molecule is Cc1ccc([C@H](NC(=O)CCSCc2nc3sc4c(c3c(=O)[nH]2)CCC4)c2ccccc2)cc1. The first-order valence-electron chi connectivity index (χ1n) is 11.6. The van der Waals surface area contributed by atoms with Crippen LogP contribution in [0.15, 0.2) is 59.4 Å². The summed E-state index contributed by atoms with van der Waals surface area (Å²) in [7, 11) is 0. The molecule has 1 amide bonds. The Morgan fingerprint density at radius 2 is 1.88 bits per heavy atom. The Balaban J connectivity index is 1.19. The van der Waals surface area contributed by atoms with E-state index in [2.05, 4.69) is 41.5 Å². The van der Waals surface area contributed by atoms with Gasteiger partial charge < -0.3 is 10.3 Å². The van der Waals surface area contributed by atoms with Gasteiger partial charge in [-0.2, -0.15) is 11.8 Å². The topological polar surface area (TPSA) is 74.8 Å². The van der Waals surface area contributed by atoms with Gasteiger partial charge in [0.2, 0.25) is 5.91 Å². The van der Waals surface area contributed by atoms with Crippen molar-refractivity contribution in [2.75, 3.05) is 5.75 Å².